The molecule has 36 heavy (non-hydrogen) atoms. The van der Waals surface area contributed by atoms with Crippen molar-refractivity contribution in [2.24, 2.45) is 0 Å². The van der Waals surface area contributed by atoms with Gasteiger partial charge in [0.2, 0.25) is 0 Å². The molecule has 0 amide bonds. The van der Waals surface area contributed by atoms with Crippen LogP contribution < -0.4 is 0 Å². The summed E-state index contributed by atoms with van der Waals surface area (Å²) in [6.07, 6.45) is 12.2. The summed E-state index contributed by atoms with van der Waals surface area (Å²) in [4.78, 5) is 10.7. The maximum Gasteiger partial charge on any atom is 0.328 e. The highest BCUT2D eigenvalue weighted by atomic mass is 28.4. The highest BCUT2D eigenvalue weighted by molar-refractivity contribution is 6.74. The number of allylic oxidation sites excluding steroid dienone is 6. The van der Waals surface area contributed by atoms with Crippen molar-refractivity contribution in [3.05, 3.63) is 47.1 Å². The second kappa shape index (κ2) is 14.1. The molecule has 0 aliphatic heterocycles. The number of rotatable bonds is 13. The summed E-state index contributed by atoms with van der Waals surface area (Å²) in [5.41, 5.74) is 3.18. The monoisotopic (exact) mass is 536 g/mol. The average molecular weight is 537 g/mol. The van der Waals surface area contributed by atoms with E-state index >= 15 is 0 Å². The fourth-order valence-electron chi connectivity index (χ4n) is 3.36. The van der Waals surface area contributed by atoms with E-state index in [0.717, 1.165) is 30.4 Å². The first kappa shape index (κ1) is 34.8. The molecule has 0 saturated carbocycles. The summed E-state index contributed by atoms with van der Waals surface area (Å²) in [6.45, 7) is 31.4. The molecule has 0 fully saturated rings. The minimum atomic E-state index is -1.94. The number of carboxylic acids is 1. The number of carboxylic acid groups (broad SMARTS) is 1. The van der Waals surface area contributed by atoms with Gasteiger partial charge in [-0.15, -0.1) is 0 Å². The van der Waals surface area contributed by atoms with Gasteiger partial charge in [-0.05, 0) is 76.3 Å². The molecule has 0 aromatic heterocycles. The molecule has 0 bridgehead atoms. The molecule has 0 saturated heterocycles. The molecule has 0 spiro atoms. The molecule has 0 aliphatic carbocycles. The summed E-state index contributed by atoms with van der Waals surface area (Å²) in [7, 11) is -3.81. The Kier molecular flexibility index (Phi) is 13.6. The van der Waals surface area contributed by atoms with Crippen LogP contribution in [-0.2, 0) is 13.6 Å². The topological polar surface area (TPSA) is 55.8 Å². The van der Waals surface area contributed by atoms with Crippen molar-refractivity contribution in [1.82, 2.24) is 0 Å². The van der Waals surface area contributed by atoms with Crippen LogP contribution in [-0.4, -0.2) is 39.9 Å². The molecule has 0 aromatic rings. The third-order valence-corrected chi connectivity index (χ3v) is 16.7. The molecular formula is C30H56O4Si2. The standard InChI is InChI=1S/C30H56O4Si2/c1-15-26(33-35(11,12)29(5,6)7)22-27(34-36(13,14)30(8,9)10)18-16-23(2)20-25(4)21-24(3)17-19-28(31)32/h16-17,19-21,26-27H,15,18,22H2,1-14H3,(H,31,32)/b19-17+,23-16+,24-21-,25-20+/t26-,27+/m1/s1. The largest absolute Gasteiger partial charge is 0.478 e. The van der Waals surface area contributed by atoms with Gasteiger partial charge in [0.05, 0.1) is 6.10 Å². The minimum Gasteiger partial charge on any atom is -0.478 e. The van der Waals surface area contributed by atoms with Crippen molar-refractivity contribution in [3.8, 4) is 0 Å². The zero-order valence-corrected chi connectivity index (χ0v) is 27.8. The molecule has 6 heteroatoms. The van der Waals surface area contributed by atoms with E-state index in [1.54, 1.807) is 6.08 Å². The first-order valence-electron chi connectivity index (χ1n) is 13.4. The molecule has 1 N–H and O–H groups in total. The predicted octanol–water partition coefficient (Wildman–Crippen LogP) is 9.44. The quantitative estimate of drug-likeness (QED) is 0.145. The fraction of sp³-hybridized carbons (Fsp3) is 0.700. The van der Waals surface area contributed by atoms with Crippen molar-refractivity contribution in [2.45, 2.75) is 137 Å². The molecule has 4 nitrogen and oxygen atoms in total. The first-order valence-corrected chi connectivity index (χ1v) is 19.2. The molecular weight excluding hydrogens is 480 g/mol. The third-order valence-electron chi connectivity index (χ3n) is 7.62. The third kappa shape index (κ3) is 12.8. The van der Waals surface area contributed by atoms with Gasteiger partial charge in [0.1, 0.15) is 0 Å². The lowest BCUT2D eigenvalue weighted by molar-refractivity contribution is -0.131. The summed E-state index contributed by atoms with van der Waals surface area (Å²) >= 11 is 0. The predicted molar refractivity (Wildman–Crippen MR) is 162 cm³/mol. The Bertz CT molecular complexity index is 834. The Morgan fingerprint density at radius 3 is 1.64 bits per heavy atom. The van der Waals surface area contributed by atoms with Crippen molar-refractivity contribution >= 4 is 22.6 Å². The van der Waals surface area contributed by atoms with Crippen LogP contribution in [0.5, 0.6) is 0 Å². The molecule has 208 valence electrons. The van der Waals surface area contributed by atoms with E-state index in [4.69, 9.17) is 14.0 Å². The smallest absolute Gasteiger partial charge is 0.328 e. The van der Waals surface area contributed by atoms with E-state index < -0.39 is 22.6 Å². The van der Waals surface area contributed by atoms with E-state index in [-0.39, 0.29) is 22.3 Å². The van der Waals surface area contributed by atoms with Crippen molar-refractivity contribution in [2.75, 3.05) is 0 Å². The van der Waals surface area contributed by atoms with Gasteiger partial charge in [-0.1, -0.05) is 89.5 Å². The second-order valence-corrected chi connectivity index (χ2v) is 22.8. The number of carbonyl (C=O) groups is 1. The Morgan fingerprint density at radius 2 is 1.22 bits per heavy atom. The second-order valence-electron chi connectivity index (χ2n) is 13.3. The van der Waals surface area contributed by atoms with Crippen molar-refractivity contribution < 1.29 is 18.8 Å². The Morgan fingerprint density at radius 1 is 0.778 bits per heavy atom. The van der Waals surface area contributed by atoms with Crippen LogP contribution >= 0.6 is 0 Å². The molecule has 0 rings (SSSR count). The summed E-state index contributed by atoms with van der Waals surface area (Å²) in [5, 5.41) is 9.15. The number of hydrogen-bond acceptors (Lipinski definition) is 3. The average Bonchev–Trinajstić information content (AvgIpc) is 2.67. The van der Waals surface area contributed by atoms with Crippen LogP contribution in [0.4, 0.5) is 0 Å². The first-order chi connectivity index (χ1) is 16.1. The lowest BCUT2D eigenvalue weighted by atomic mass is 10.0. The van der Waals surface area contributed by atoms with Crippen LogP contribution in [0.15, 0.2) is 47.1 Å². The molecule has 0 radical (unpaired) electrons. The van der Waals surface area contributed by atoms with Crippen LogP contribution in [0.2, 0.25) is 36.3 Å². The Labute approximate surface area is 225 Å². The van der Waals surface area contributed by atoms with E-state index in [2.05, 4.69) is 93.7 Å². The number of aliphatic carboxylic acids is 1. The van der Waals surface area contributed by atoms with Crippen LogP contribution in [0.3, 0.4) is 0 Å². The van der Waals surface area contributed by atoms with E-state index in [1.807, 2.05) is 19.9 Å². The maximum absolute atomic E-state index is 10.7. The Balaban J connectivity index is 5.83. The highest BCUT2D eigenvalue weighted by Gasteiger charge is 2.41. The van der Waals surface area contributed by atoms with Gasteiger partial charge in [0.25, 0.3) is 0 Å². The minimum absolute atomic E-state index is 0.111. The Hall–Kier alpha value is -1.22. The molecule has 0 aromatic carbocycles. The van der Waals surface area contributed by atoms with Crippen LogP contribution in [0.1, 0.15) is 88.5 Å². The number of hydrogen-bond donors (Lipinski definition) is 1. The normalized spacial score (nSPS) is 17.0. The summed E-state index contributed by atoms with van der Waals surface area (Å²) in [6, 6.07) is 0. The highest BCUT2D eigenvalue weighted by Crippen LogP contribution is 2.40. The van der Waals surface area contributed by atoms with Gasteiger partial charge in [-0.2, -0.15) is 0 Å². The maximum atomic E-state index is 10.7. The summed E-state index contributed by atoms with van der Waals surface area (Å²) in [5.74, 6) is -0.934. The van der Waals surface area contributed by atoms with E-state index in [9.17, 15) is 4.79 Å². The molecule has 0 heterocycles. The zero-order valence-electron chi connectivity index (χ0n) is 25.8. The lowest BCUT2D eigenvalue weighted by Gasteiger charge is -2.42. The van der Waals surface area contributed by atoms with E-state index in [1.165, 1.54) is 11.6 Å². The van der Waals surface area contributed by atoms with Crippen LogP contribution in [0, 0.1) is 0 Å². The van der Waals surface area contributed by atoms with Gasteiger partial charge in [-0.25, -0.2) is 4.79 Å². The van der Waals surface area contributed by atoms with Gasteiger partial charge in [-0.3, -0.25) is 0 Å². The van der Waals surface area contributed by atoms with Gasteiger partial charge < -0.3 is 14.0 Å². The van der Waals surface area contributed by atoms with Gasteiger partial charge in [0.15, 0.2) is 16.6 Å². The van der Waals surface area contributed by atoms with Crippen LogP contribution in [0.25, 0.3) is 0 Å². The van der Waals surface area contributed by atoms with Gasteiger partial charge >= 0.3 is 5.97 Å². The molecule has 2 atom stereocenters. The van der Waals surface area contributed by atoms with Crippen molar-refractivity contribution in [3.63, 3.8) is 0 Å². The SMILES string of the molecule is CC[C@H](C[C@H](C/C=C(C)/C=C(C)/C=C(C)\C=C\C(=O)O)O[Si](C)(C)C(C)(C)C)O[Si](C)(C)C(C)(C)C. The van der Waals surface area contributed by atoms with Gasteiger partial charge in [0, 0.05) is 12.2 Å². The summed E-state index contributed by atoms with van der Waals surface area (Å²) < 4.78 is 13.8. The van der Waals surface area contributed by atoms with E-state index in [0.29, 0.717) is 0 Å². The molecule has 0 aliphatic rings. The lowest BCUT2D eigenvalue weighted by Crippen LogP contribution is -2.47. The fourth-order valence-corrected chi connectivity index (χ4v) is 6.19. The molecule has 0 unspecified atom stereocenters. The van der Waals surface area contributed by atoms with Crippen molar-refractivity contribution in [1.29, 1.82) is 0 Å². The zero-order chi connectivity index (χ0) is 28.5.